The van der Waals surface area contributed by atoms with Crippen LogP contribution < -0.4 is 5.32 Å². The van der Waals surface area contributed by atoms with E-state index in [1.165, 1.54) is 18.3 Å². The van der Waals surface area contributed by atoms with Gasteiger partial charge < -0.3 is 5.32 Å². The molecule has 0 aliphatic carbocycles. The molecule has 3 aromatic rings. The van der Waals surface area contributed by atoms with E-state index < -0.39 is 0 Å². The summed E-state index contributed by atoms with van der Waals surface area (Å²) in [6, 6.07) is 7.79. The normalized spacial score (nSPS) is 10.7. The molecule has 0 unspecified atom stereocenters. The SMILES string of the molecule is CC(=O)Nc1nc(C)c(-c2csc(Cc3ccccc3Cl)n2)s1. The molecule has 118 valence electrons. The van der Waals surface area contributed by atoms with Gasteiger partial charge in [-0.2, -0.15) is 0 Å². The van der Waals surface area contributed by atoms with E-state index in [1.807, 2.05) is 36.6 Å². The Morgan fingerprint density at radius 1 is 1.30 bits per heavy atom. The minimum absolute atomic E-state index is 0.122. The highest BCUT2D eigenvalue weighted by Crippen LogP contribution is 2.34. The number of halogens is 1. The highest BCUT2D eigenvalue weighted by atomic mass is 35.5. The highest BCUT2D eigenvalue weighted by molar-refractivity contribution is 7.19. The van der Waals surface area contributed by atoms with E-state index in [1.54, 1.807) is 11.3 Å². The topological polar surface area (TPSA) is 54.9 Å². The van der Waals surface area contributed by atoms with Crippen LogP contribution in [-0.4, -0.2) is 15.9 Å². The summed E-state index contributed by atoms with van der Waals surface area (Å²) in [6.45, 7) is 3.39. The van der Waals surface area contributed by atoms with E-state index in [0.29, 0.717) is 11.6 Å². The summed E-state index contributed by atoms with van der Waals surface area (Å²) in [7, 11) is 0. The van der Waals surface area contributed by atoms with Crippen molar-refractivity contribution in [2.75, 3.05) is 5.32 Å². The first-order valence-corrected chi connectivity index (χ1v) is 9.03. The molecule has 0 spiro atoms. The van der Waals surface area contributed by atoms with Gasteiger partial charge in [0.25, 0.3) is 0 Å². The van der Waals surface area contributed by atoms with Crippen molar-refractivity contribution in [2.24, 2.45) is 0 Å². The summed E-state index contributed by atoms with van der Waals surface area (Å²) in [4.78, 5) is 21.2. The quantitative estimate of drug-likeness (QED) is 0.725. The molecule has 0 saturated heterocycles. The van der Waals surface area contributed by atoms with Gasteiger partial charge in [-0.05, 0) is 18.6 Å². The molecule has 0 radical (unpaired) electrons. The van der Waals surface area contributed by atoms with Crippen molar-refractivity contribution in [3.8, 4) is 10.6 Å². The van der Waals surface area contributed by atoms with Crippen LogP contribution in [0.1, 0.15) is 23.2 Å². The molecule has 7 heteroatoms. The van der Waals surface area contributed by atoms with Crippen LogP contribution in [0.25, 0.3) is 10.6 Å². The first kappa shape index (κ1) is 16.1. The summed E-state index contributed by atoms with van der Waals surface area (Å²) in [5.41, 5.74) is 2.83. The second-order valence-electron chi connectivity index (χ2n) is 5.01. The molecule has 3 rings (SSSR count). The van der Waals surface area contributed by atoms with Crippen molar-refractivity contribution in [3.05, 3.63) is 50.9 Å². The summed E-state index contributed by atoms with van der Waals surface area (Å²) in [5, 5.41) is 7.09. The Morgan fingerprint density at radius 2 is 2.09 bits per heavy atom. The molecular formula is C16H14ClN3OS2. The van der Waals surface area contributed by atoms with Crippen molar-refractivity contribution >= 4 is 45.3 Å². The zero-order chi connectivity index (χ0) is 16.4. The van der Waals surface area contributed by atoms with Crippen LogP contribution in [-0.2, 0) is 11.2 Å². The van der Waals surface area contributed by atoms with Crippen LogP contribution in [0.4, 0.5) is 5.13 Å². The third-order valence-corrected chi connectivity index (χ3v) is 5.48. The standard InChI is InChI=1S/C16H14ClN3OS2/c1-9-15(23-16(18-9)19-10(2)21)13-8-22-14(20-13)7-11-5-3-4-6-12(11)17/h3-6,8H,7H2,1-2H3,(H,18,19,21). The number of benzene rings is 1. The second kappa shape index (κ2) is 6.78. The lowest BCUT2D eigenvalue weighted by Crippen LogP contribution is -2.04. The van der Waals surface area contributed by atoms with Crippen molar-refractivity contribution in [1.29, 1.82) is 0 Å². The summed E-state index contributed by atoms with van der Waals surface area (Å²) >= 11 is 9.24. The predicted molar refractivity (Wildman–Crippen MR) is 96.5 cm³/mol. The van der Waals surface area contributed by atoms with Gasteiger partial charge in [-0.3, -0.25) is 4.79 Å². The van der Waals surface area contributed by atoms with E-state index in [-0.39, 0.29) is 5.91 Å². The number of hydrogen-bond acceptors (Lipinski definition) is 5. The average molecular weight is 364 g/mol. The fraction of sp³-hybridized carbons (Fsp3) is 0.188. The van der Waals surface area contributed by atoms with Gasteiger partial charge in [0.05, 0.1) is 21.3 Å². The van der Waals surface area contributed by atoms with Crippen molar-refractivity contribution in [3.63, 3.8) is 0 Å². The monoisotopic (exact) mass is 363 g/mol. The van der Waals surface area contributed by atoms with E-state index in [4.69, 9.17) is 11.6 Å². The zero-order valence-electron chi connectivity index (χ0n) is 12.6. The minimum atomic E-state index is -0.122. The molecule has 4 nitrogen and oxygen atoms in total. The van der Waals surface area contributed by atoms with Crippen molar-refractivity contribution in [2.45, 2.75) is 20.3 Å². The van der Waals surface area contributed by atoms with Crippen LogP contribution in [0.3, 0.4) is 0 Å². The van der Waals surface area contributed by atoms with Crippen molar-refractivity contribution in [1.82, 2.24) is 9.97 Å². The lowest BCUT2D eigenvalue weighted by Gasteiger charge is -2.00. The molecule has 0 saturated carbocycles. The Morgan fingerprint density at radius 3 is 2.83 bits per heavy atom. The van der Waals surface area contributed by atoms with Gasteiger partial charge in [0.1, 0.15) is 0 Å². The second-order valence-corrected chi connectivity index (χ2v) is 7.36. The summed E-state index contributed by atoms with van der Waals surface area (Å²) in [6.07, 6.45) is 0.709. The molecule has 0 fully saturated rings. The number of nitrogens with one attached hydrogen (secondary N) is 1. The van der Waals surface area contributed by atoms with Crippen LogP contribution in [0.15, 0.2) is 29.6 Å². The number of anilines is 1. The molecule has 0 aliphatic rings. The maximum atomic E-state index is 11.1. The molecular weight excluding hydrogens is 350 g/mol. The van der Waals surface area contributed by atoms with Gasteiger partial charge >= 0.3 is 0 Å². The maximum absolute atomic E-state index is 11.1. The van der Waals surface area contributed by atoms with Gasteiger partial charge in [-0.25, -0.2) is 9.97 Å². The Hall–Kier alpha value is -1.76. The molecule has 1 amide bonds. The number of hydrogen-bond donors (Lipinski definition) is 1. The third-order valence-electron chi connectivity index (χ3n) is 3.16. The lowest BCUT2D eigenvalue weighted by atomic mass is 10.1. The molecule has 2 heterocycles. The molecule has 0 aliphatic heterocycles. The first-order valence-electron chi connectivity index (χ1n) is 6.96. The van der Waals surface area contributed by atoms with Gasteiger partial charge in [0, 0.05) is 23.7 Å². The van der Waals surface area contributed by atoms with Gasteiger partial charge in [0.2, 0.25) is 5.91 Å². The van der Waals surface area contributed by atoms with Crippen LogP contribution in [0.2, 0.25) is 5.02 Å². The number of aromatic nitrogens is 2. The fourth-order valence-electron chi connectivity index (χ4n) is 2.14. The fourth-order valence-corrected chi connectivity index (χ4v) is 4.20. The zero-order valence-corrected chi connectivity index (χ0v) is 15.0. The minimum Gasteiger partial charge on any atom is -0.302 e. The predicted octanol–water partition coefficient (Wildman–Crippen LogP) is 4.78. The highest BCUT2D eigenvalue weighted by Gasteiger charge is 2.14. The number of aryl methyl sites for hydroxylation is 1. The van der Waals surface area contributed by atoms with E-state index in [0.717, 1.165) is 31.9 Å². The molecule has 23 heavy (non-hydrogen) atoms. The lowest BCUT2D eigenvalue weighted by molar-refractivity contribution is -0.114. The van der Waals surface area contributed by atoms with Crippen LogP contribution >= 0.6 is 34.3 Å². The Kier molecular flexibility index (Phi) is 4.75. The number of carbonyl (C=O) groups excluding carboxylic acids is 1. The Balaban J connectivity index is 1.83. The maximum Gasteiger partial charge on any atom is 0.223 e. The van der Waals surface area contributed by atoms with E-state index in [2.05, 4.69) is 15.3 Å². The molecule has 1 aromatic carbocycles. The van der Waals surface area contributed by atoms with Crippen LogP contribution in [0.5, 0.6) is 0 Å². The molecule has 2 aromatic heterocycles. The molecule has 1 N–H and O–H groups in total. The Bertz CT molecular complexity index is 857. The third kappa shape index (κ3) is 3.77. The summed E-state index contributed by atoms with van der Waals surface area (Å²) in [5.74, 6) is -0.122. The first-order chi connectivity index (χ1) is 11.0. The number of amides is 1. The summed E-state index contributed by atoms with van der Waals surface area (Å²) < 4.78 is 0. The van der Waals surface area contributed by atoms with Gasteiger partial charge in [-0.1, -0.05) is 41.1 Å². The van der Waals surface area contributed by atoms with Gasteiger partial charge in [-0.15, -0.1) is 11.3 Å². The Labute approximate surface area is 147 Å². The number of rotatable bonds is 4. The van der Waals surface area contributed by atoms with Crippen LogP contribution in [0, 0.1) is 6.92 Å². The number of carbonyl (C=O) groups is 1. The molecule has 0 atom stereocenters. The largest absolute Gasteiger partial charge is 0.302 e. The molecule has 0 bridgehead atoms. The number of thiazole rings is 2. The van der Waals surface area contributed by atoms with E-state index >= 15 is 0 Å². The van der Waals surface area contributed by atoms with E-state index in [9.17, 15) is 4.79 Å². The van der Waals surface area contributed by atoms with Crippen molar-refractivity contribution < 1.29 is 4.79 Å². The van der Waals surface area contributed by atoms with Gasteiger partial charge in [0.15, 0.2) is 5.13 Å². The number of nitrogens with zero attached hydrogens (tertiary/aromatic N) is 2. The average Bonchev–Trinajstić information content (AvgIpc) is 3.07. The smallest absolute Gasteiger partial charge is 0.223 e.